The fourth-order valence-corrected chi connectivity index (χ4v) is 1.44. The van der Waals surface area contributed by atoms with Crippen LogP contribution in [0.1, 0.15) is 12.8 Å². The molecule has 4 nitrogen and oxygen atoms in total. The maximum absolute atomic E-state index is 12.2. The Bertz CT molecular complexity index is 190. The molecular formula is C7H13F2N3O. The molecule has 0 unspecified atom stereocenters. The normalized spacial score (nSPS) is 21.2. The summed E-state index contributed by atoms with van der Waals surface area (Å²) in [6.45, 7) is 0.871. The molecule has 6 heteroatoms. The molecule has 1 fully saturated rings. The van der Waals surface area contributed by atoms with Gasteiger partial charge in [0.05, 0.1) is 0 Å². The van der Waals surface area contributed by atoms with Crippen molar-refractivity contribution >= 4 is 5.96 Å². The van der Waals surface area contributed by atoms with E-state index in [9.17, 15) is 8.78 Å². The van der Waals surface area contributed by atoms with E-state index in [1.54, 1.807) is 4.90 Å². The molecule has 0 amide bonds. The Morgan fingerprint density at radius 2 is 2.00 bits per heavy atom. The van der Waals surface area contributed by atoms with E-state index >= 15 is 0 Å². The Kier molecular flexibility index (Phi) is 3.27. The number of nitrogens with two attached hydrogens (primary N) is 1. The summed E-state index contributed by atoms with van der Waals surface area (Å²) >= 11 is 0. The minimum Gasteiger partial charge on any atom is -0.408 e. The van der Waals surface area contributed by atoms with Crippen LogP contribution in [-0.2, 0) is 0 Å². The molecule has 3 N–H and O–H groups in total. The van der Waals surface area contributed by atoms with Crippen LogP contribution in [0.25, 0.3) is 0 Å². The molecule has 0 aliphatic carbocycles. The number of hydrogen-bond donors (Lipinski definition) is 2. The molecular weight excluding hydrogens is 180 g/mol. The molecule has 0 saturated carbocycles. The summed E-state index contributed by atoms with van der Waals surface area (Å²) in [6.07, 6.45) is -1.46. The Morgan fingerprint density at radius 3 is 2.38 bits per heavy atom. The lowest BCUT2D eigenvalue weighted by Crippen LogP contribution is -2.43. The summed E-state index contributed by atoms with van der Waals surface area (Å²) in [5, 5.41) is 11.2. The predicted molar refractivity (Wildman–Crippen MR) is 43.7 cm³/mol. The van der Waals surface area contributed by atoms with Crippen molar-refractivity contribution in [3.63, 3.8) is 0 Å². The third-order valence-electron chi connectivity index (χ3n) is 2.32. The van der Waals surface area contributed by atoms with Gasteiger partial charge in [-0.1, -0.05) is 5.16 Å². The predicted octanol–water partition coefficient (Wildman–Crippen LogP) is 0.667. The maximum Gasteiger partial charge on any atom is 0.241 e. The van der Waals surface area contributed by atoms with Gasteiger partial charge in [0.15, 0.2) is 0 Å². The molecule has 0 spiro atoms. The van der Waals surface area contributed by atoms with Crippen LogP contribution >= 0.6 is 0 Å². The lowest BCUT2D eigenvalue weighted by molar-refractivity contribution is 0.0467. The second-order valence-electron chi connectivity index (χ2n) is 3.12. The highest BCUT2D eigenvalue weighted by Gasteiger charge is 2.26. The number of nitrogens with zero attached hydrogens (tertiary/aromatic N) is 2. The van der Waals surface area contributed by atoms with Gasteiger partial charge in [-0.3, -0.25) is 0 Å². The Morgan fingerprint density at radius 1 is 1.46 bits per heavy atom. The van der Waals surface area contributed by atoms with Crippen LogP contribution in [-0.4, -0.2) is 35.6 Å². The van der Waals surface area contributed by atoms with Gasteiger partial charge in [-0.05, 0) is 12.8 Å². The largest absolute Gasteiger partial charge is 0.408 e. The number of hydrogen-bond acceptors (Lipinski definition) is 2. The van der Waals surface area contributed by atoms with Crippen LogP contribution in [0, 0.1) is 5.92 Å². The Hall–Kier alpha value is -1.07. The molecule has 0 atom stereocenters. The van der Waals surface area contributed by atoms with Gasteiger partial charge in [-0.15, -0.1) is 0 Å². The summed E-state index contributed by atoms with van der Waals surface area (Å²) in [4.78, 5) is 1.60. The minimum atomic E-state index is -2.26. The lowest BCUT2D eigenvalue weighted by atomic mass is 9.98. The van der Waals surface area contributed by atoms with Crippen LogP contribution in [0.2, 0.25) is 0 Å². The maximum atomic E-state index is 12.2. The molecule has 0 radical (unpaired) electrons. The smallest absolute Gasteiger partial charge is 0.241 e. The van der Waals surface area contributed by atoms with Crippen molar-refractivity contribution in [2.75, 3.05) is 13.1 Å². The van der Waals surface area contributed by atoms with Gasteiger partial charge < -0.3 is 15.8 Å². The number of oxime groups is 1. The SMILES string of the molecule is N/C(=N\O)N1CCC(C(F)F)CC1. The van der Waals surface area contributed by atoms with Gasteiger partial charge in [0.25, 0.3) is 0 Å². The molecule has 1 aliphatic heterocycles. The van der Waals surface area contributed by atoms with Gasteiger partial charge in [-0.2, -0.15) is 0 Å². The van der Waals surface area contributed by atoms with Crippen molar-refractivity contribution in [2.45, 2.75) is 19.3 Å². The summed E-state index contributed by atoms with van der Waals surface area (Å²) in [7, 11) is 0. The van der Waals surface area contributed by atoms with Crippen LogP contribution in [0.3, 0.4) is 0 Å². The van der Waals surface area contributed by atoms with Gasteiger partial charge in [0.2, 0.25) is 12.4 Å². The van der Waals surface area contributed by atoms with E-state index in [-0.39, 0.29) is 5.96 Å². The van der Waals surface area contributed by atoms with Crippen molar-refractivity contribution in [3.8, 4) is 0 Å². The van der Waals surface area contributed by atoms with Crippen LogP contribution in [0.15, 0.2) is 5.16 Å². The number of likely N-dealkylation sites (tertiary alicyclic amines) is 1. The van der Waals surface area contributed by atoms with Crippen molar-refractivity contribution in [1.29, 1.82) is 0 Å². The van der Waals surface area contributed by atoms with Crippen molar-refractivity contribution in [2.24, 2.45) is 16.8 Å². The highest BCUT2D eigenvalue weighted by atomic mass is 19.3. The van der Waals surface area contributed by atoms with E-state index in [0.29, 0.717) is 25.9 Å². The number of alkyl halides is 2. The second-order valence-corrected chi connectivity index (χ2v) is 3.12. The van der Waals surface area contributed by atoms with Gasteiger partial charge in [-0.25, -0.2) is 8.78 Å². The summed E-state index contributed by atoms with van der Waals surface area (Å²) < 4.78 is 24.4. The van der Waals surface area contributed by atoms with E-state index in [1.807, 2.05) is 0 Å². The van der Waals surface area contributed by atoms with E-state index in [4.69, 9.17) is 10.9 Å². The van der Waals surface area contributed by atoms with E-state index in [2.05, 4.69) is 5.16 Å². The third kappa shape index (κ3) is 2.43. The van der Waals surface area contributed by atoms with Crippen molar-refractivity contribution in [1.82, 2.24) is 4.90 Å². The molecule has 0 bridgehead atoms. The zero-order valence-electron chi connectivity index (χ0n) is 7.16. The first-order chi connectivity index (χ1) is 6.15. The second kappa shape index (κ2) is 4.25. The first kappa shape index (κ1) is 10.0. The average Bonchev–Trinajstić information content (AvgIpc) is 2.17. The molecule has 0 aromatic heterocycles. The number of halogens is 2. The van der Waals surface area contributed by atoms with E-state index < -0.39 is 12.3 Å². The molecule has 76 valence electrons. The Balaban J connectivity index is 2.39. The molecule has 1 saturated heterocycles. The molecule has 0 aromatic carbocycles. The number of piperidine rings is 1. The standard InChI is InChI=1S/C7H13F2N3O/c8-6(9)5-1-3-12(4-2-5)7(10)11-13/h5-6,13H,1-4H2,(H2,10,11). The van der Waals surface area contributed by atoms with E-state index in [0.717, 1.165) is 0 Å². The minimum absolute atomic E-state index is 0.00714. The highest BCUT2D eigenvalue weighted by Crippen LogP contribution is 2.23. The summed E-state index contributed by atoms with van der Waals surface area (Å²) in [5.41, 5.74) is 5.31. The van der Waals surface area contributed by atoms with Crippen molar-refractivity contribution in [3.05, 3.63) is 0 Å². The summed E-state index contributed by atoms with van der Waals surface area (Å²) in [5.74, 6) is -0.532. The topological polar surface area (TPSA) is 61.9 Å². The first-order valence-corrected chi connectivity index (χ1v) is 4.15. The van der Waals surface area contributed by atoms with E-state index in [1.165, 1.54) is 0 Å². The average molecular weight is 193 g/mol. The fraction of sp³-hybridized carbons (Fsp3) is 0.857. The van der Waals surface area contributed by atoms with Crippen LogP contribution in [0.4, 0.5) is 8.78 Å². The first-order valence-electron chi connectivity index (χ1n) is 4.15. The molecule has 0 aromatic rings. The fourth-order valence-electron chi connectivity index (χ4n) is 1.44. The van der Waals surface area contributed by atoms with Crippen LogP contribution < -0.4 is 5.73 Å². The zero-order valence-corrected chi connectivity index (χ0v) is 7.16. The lowest BCUT2D eigenvalue weighted by Gasteiger charge is -2.31. The highest BCUT2D eigenvalue weighted by molar-refractivity contribution is 5.77. The molecule has 13 heavy (non-hydrogen) atoms. The molecule has 1 rings (SSSR count). The molecule has 1 heterocycles. The van der Waals surface area contributed by atoms with Gasteiger partial charge >= 0.3 is 0 Å². The number of guanidine groups is 1. The monoisotopic (exact) mass is 193 g/mol. The van der Waals surface area contributed by atoms with Crippen LogP contribution in [0.5, 0.6) is 0 Å². The summed E-state index contributed by atoms with van der Waals surface area (Å²) in [6, 6.07) is 0. The van der Waals surface area contributed by atoms with Gasteiger partial charge in [0, 0.05) is 19.0 Å². The quantitative estimate of drug-likeness (QED) is 0.278. The number of rotatable bonds is 1. The van der Waals surface area contributed by atoms with Gasteiger partial charge in [0.1, 0.15) is 0 Å². The third-order valence-corrected chi connectivity index (χ3v) is 2.32. The Labute approximate surface area is 75.0 Å². The zero-order chi connectivity index (χ0) is 9.84. The molecule has 1 aliphatic rings. The van der Waals surface area contributed by atoms with Crippen molar-refractivity contribution < 1.29 is 14.0 Å².